The van der Waals surface area contributed by atoms with Gasteiger partial charge in [-0.05, 0) is 63.1 Å². The van der Waals surface area contributed by atoms with Crippen molar-refractivity contribution < 1.29 is 36.6 Å². The van der Waals surface area contributed by atoms with Crippen LogP contribution in [0.2, 0.25) is 0 Å². The molecule has 218 valence electrons. The average molecular weight is 565 g/mol. The zero-order chi connectivity index (χ0) is 29.3. The van der Waals surface area contributed by atoms with Crippen molar-refractivity contribution in [3.63, 3.8) is 0 Å². The highest BCUT2D eigenvalue weighted by molar-refractivity contribution is 5.88. The van der Waals surface area contributed by atoms with E-state index in [1.165, 1.54) is 41.3 Å². The molecule has 2 fully saturated rings. The van der Waals surface area contributed by atoms with Crippen molar-refractivity contribution >= 4 is 12.0 Å². The normalized spacial score (nSPS) is 21.1. The zero-order valence-electron chi connectivity index (χ0n) is 23.3. The largest absolute Gasteiger partial charge is 0.444 e. The third-order valence-electron chi connectivity index (χ3n) is 8.18. The van der Waals surface area contributed by atoms with Gasteiger partial charge in [-0.3, -0.25) is 4.79 Å². The molecule has 0 saturated carbocycles. The standard InChI is InChI=1S/C30H36F4N2O4/c1-27(2,3)40-26(38)36-19-16-28(24(20-36)21-10-12-23(31)13-11-21)14-17-35(18-15-28)25(37)29(39-4,30(32,33)34)22-8-6-5-7-9-22/h5-13,24H,14-20H2,1-4H3/t24?,29-/m1/s1. The fourth-order valence-electron chi connectivity index (χ4n) is 6.06. The van der Waals surface area contributed by atoms with Gasteiger partial charge in [-0.25, -0.2) is 9.18 Å². The minimum absolute atomic E-state index is 0.0942. The van der Waals surface area contributed by atoms with E-state index in [4.69, 9.17) is 9.47 Å². The molecule has 0 aromatic heterocycles. The first-order valence-corrected chi connectivity index (χ1v) is 13.4. The maximum absolute atomic E-state index is 14.5. The summed E-state index contributed by atoms with van der Waals surface area (Å²) >= 11 is 0. The average Bonchev–Trinajstić information content (AvgIpc) is 2.89. The lowest BCUT2D eigenvalue weighted by Gasteiger charge is -2.52. The van der Waals surface area contributed by atoms with Crippen LogP contribution in [0.1, 0.15) is 57.1 Å². The third-order valence-corrected chi connectivity index (χ3v) is 8.18. The number of benzene rings is 2. The van der Waals surface area contributed by atoms with Gasteiger partial charge in [-0.1, -0.05) is 42.5 Å². The molecule has 2 saturated heterocycles. The summed E-state index contributed by atoms with van der Waals surface area (Å²) in [5, 5.41) is 0. The maximum atomic E-state index is 14.5. The Morgan fingerprint density at radius 2 is 1.43 bits per heavy atom. The van der Waals surface area contributed by atoms with Crippen molar-refractivity contribution in [2.75, 3.05) is 33.3 Å². The lowest BCUT2D eigenvalue weighted by Crippen LogP contribution is -2.60. The summed E-state index contributed by atoms with van der Waals surface area (Å²) in [6.45, 7) is 6.29. The SMILES string of the molecule is CO[C@@](C(=O)N1CCC2(CCN(C(=O)OC(C)(C)C)CC2c2ccc(F)cc2)CC1)(c1ccccc1)C(F)(F)F. The Balaban J connectivity index is 1.60. The van der Waals surface area contributed by atoms with Crippen LogP contribution in [0.15, 0.2) is 54.6 Å². The van der Waals surface area contributed by atoms with Crippen molar-refractivity contribution in [3.05, 3.63) is 71.5 Å². The number of amides is 2. The topological polar surface area (TPSA) is 59.1 Å². The van der Waals surface area contributed by atoms with Crippen LogP contribution in [0.3, 0.4) is 0 Å². The van der Waals surface area contributed by atoms with Crippen molar-refractivity contribution in [1.82, 2.24) is 9.80 Å². The summed E-state index contributed by atoms with van der Waals surface area (Å²) in [5.41, 5.74) is -3.62. The lowest BCUT2D eigenvalue weighted by molar-refractivity contribution is -0.271. The molecule has 0 aliphatic carbocycles. The second kappa shape index (κ2) is 11.0. The Labute approximate surface area is 232 Å². The Hall–Kier alpha value is -3.14. The summed E-state index contributed by atoms with van der Waals surface area (Å²) in [6, 6.07) is 13.1. The number of hydrogen-bond acceptors (Lipinski definition) is 4. The summed E-state index contributed by atoms with van der Waals surface area (Å²) in [5.74, 6) is -1.74. The maximum Gasteiger partial charge on any atom is 0.430 e. The van der Waals surface area contributed by atoms with Crippen LogP contribution in [0.25, 0.3) is 0 Å². The molecule has 2 aliphatic heterocycles. The van der Waals surface area contributed by atoms with Gasteiger partial charge in [-0.2, -0.15) is 13.2 Å². The van der Waals surface area contributed by atoms with Crippen LogP contribution in [0.5, 0.6) is 0 Å². The zero-order valence-corrected chi connectivity index (χ0v) is 23.3. The van der Waals surface area contributed by atoms with Gasteiger partial charge in [0.25, 0.3) is 11.5 Å². The second-order valence-electron chi connectivity index (χ2n) is 11.7. The number of alkyl halides is 3. The minimum Gasteiger partial charge on any atom is -0.444 e. The molecule has 2 heterocycles. The number of likely N-dealkylation sites (tertiary alicyclic amines) is 2. The van der Waals surface area contributed by atoms with Crippen molar-refractivity contribution in [3.8, 4) is 0 Å². The summed E-state index contributed by atoms with van der Waals surface area (Å²) < 4.78 is 67.9. The van der Waals surface area contributed by atoms with E-state index in [0.29, 0.717) is 32.4 Å². The van der Waals surface area contributed by atoms with E-state index in [2.05, 4.69) is 0 Å². The predicted molar refractivity (Wildman–Crippen MR) is 141 cm³/mol. The number of carbonyl (C=O) groups excluding carboxylic acids is 2. The number of carbonyl (C=O) groups is 2. The van der Waals surface area contributed by atoms with Gasteiger partial charge >= 0.3 is 12.3 Å². The molecule has 0 N–H and O–H groups in total. The van der Waals surface area contributed by atoms with Crippen molar-refractivity contribution in [2.24, 2.45) is 5.41 Å². The number of piperidine rings is 2. The Morgan fingerprint density at radius 3 is 1.93 bits per heavy atom. The number of ether oxygens (including phenoxy) is 2. The first-order valence-electron chi connectivity index (χ1n) is 13.4. The van der Waals surface area contributed by atoms with E-state index < -0.39 is 34.8 Å². The Bertz CT molecular complexity index is 1190. The molecule has 2 aromatic carbocycles. The van der Waals surface area contributed by atoms with Gasteiger partial charge in [0.15, 0.2) is 0 Å². The quantitative estimate of drug-likeness (QED) is 0.411. The van der Waals surface area contributed by atoms with Crippen LogP contribution in [-0.4, -0.2) is 66.9 Å². The highest BCUT2D eigenvalue weighted by atomic mass is 19.4. The van der Waals surface area contributed by atoms with Crippen LogP contribution in [-0.2, 0) is 19.9 Å². The molecule has 1 spiro atoms. The van der Waals surface area contributed by atoms with E-state index in [1.54, 1.807) is 43.9 Å². The van der Waals surface area contributed by atoms with Gasteiger partial charge in [0.05, 0.1) is 0 Å². The van der Waals surface area contributed by atoms with Crippen molar-refractivity contribution in [1.29, 1.82) is 0 Å². The van der Waals surface area contributed by atoms with E-state index in [-0.39, 0.29) is 30.4 Å². The van der Waals surface area contributed by atoms with E-state index >= 15 is 0 Å². The molecule has 0 radical (unpaired) electrons. The number of methoxy groups -OCH3 is 1. The molecule has 2 aliphatic rings. The molecule has 2 aromatic rings. The highest BCUT2D eigenvalue weighted by Crippen LogP contribution is 2.51. The smallest absolute Gasteiger partial charge is 0.430 e. The molecule has 4 rings (SSSR count). The molecule has 2 atom stereocenters. The van der Waals surface area contributed by atoms with Gasteiger partial charge in [0.1, 0.15) is 11.4 Å². The van der Waals surface area contributed by atoms with E-state index in [0.717, 1.165) is 12.7 Å². The number of halogens is 4. The molecule has 2 amide bonds. The lowest BCUT2D eigenvalue weighted by atomic mass is 9.62. The molecule has 10 heteroatoms. The number of nitrogens with zero attached hydrogens (tertiary/aromatic N) is 2. The third kappa shape index (κ3) is 5.68. The minimum atomic E-state index is -4.98. The molecule has 40 heavy (non-hydrogen) atoms. The van der Waals surface area contributed by atoms with E-state index in [1.807, 2.05) is 0 Å². The van der Waals surface area contributed by atoms with Gasteiger partial charge < -0.3 is 19.3 Å². The van der Waals surface area contributed by atoms with Crippen LogP contribution >= 0.6 is 0 Å². The monoisotopic (exact) mass is 564 g/mol. The molecular formula is C30H36F4N2O4. The highest BCUT2D eigenvalue weighted by Gasteiger charge is 2.64. The van der Waals surface area contributed by atoms with Crippen molar-refractivity contribution in [2.45, 2.75) is 63.3 Å². The predicted octanol–water partition coefficient (Wildman–Crippen LogP) is 6.26. The van der Waals surface area contributed by atoms with E-state index in [9.17, 15) is 27.2 Å². The molecular weight excluding hydrogens is 528 g/mol. The second-order valence-corrected chi connectivity index (χ2v) is 11.7. The summed E-state index contributed by atoms with van der Waals surface area (Å²) in [7, 11) is 0.904. The summed E-state index contributed by atoms with van der Waals surface area (Å²) in [6.07, 6.45) is -4.00. The van der Waals surface area contributed by atoms with Crippen LogP contribution in [0, 0.1) is 11.2 Å². The van der Waals surface area contributed by atoms with Gasteiger partial charge in [0.2, 0.25) is 0 Å². The number of hydrogen-bond donors (Lipinski definition) is 0. The molecule has 1 unspecified atom stereocenters. The summed E-state index contributed by atoms with van der Waals surface area (Å²) in [4.78, 5) is 29.4. The van der Waals surface area contributed by atoms with Crippen LogP contribution in [0.4, 0.5) is 22.4 Å². The first-order chi connectivity index (χ1) is 18.7. The Kier molecular flexibility index (Phi) is 8.23. The van der Waals surface area contributed by atoms with Gasteiger partial charge in [0, 0.05) is 44.8 Å². The number of rotatable bonds is 4. The fourth-order valence-corrected chi connectivity index (χ4v) is 6.06. The first kappa shape index (κ1) is 29.8. The fraction of sp³-hybridized carbons (Fsp3) is 0.533. The Morgan fingerprint density at radius 1 is 0.875 bits per heavy atom. The van der Waals surface area contributed by atoms with Crippen LogP contribution < -0.4 is 0 Å². The van der Waals surface area contributed by atoms with Gasteiger partial charge in [-0.15, -0.1) is 0 Å². The molecule has 6 nitrogen and oxygen atoms in total. The molecule has 0 bridgehead atoms.